The summed E-state index contributed by atoms with van der Waals surface area (Å²) in [5, 5.41) is 18.5. The number of aliphatic hydroxyl groups excluding tert-OH is 1. The fourth-order valence-corrected chi connectivity index (χ4v) is 2.26. The molecular formula is C11H16N2O4. The SMILES string of the molecule is O=C(O)C1CC(O)CN1C(=O)N1CC=CCC1. The van der Waals surface area contributed by atoms with Crippen LogP contribution in [0.2, 0.25) is 0 Å². The molecule has 2 unspecified atom stereocenters. The summed E-state index contributed by atoms with van der Waals surface area (Å²) in [7, 11) is 0. The molecule has 0 aliphatic carbocycles. The molecule has 6 nitrogen and oxygen atoms in total. The monoisotopic (exact) mass is 240 g/mol. The zero-order valence-electron chi connectivity index (χ0n) is 9.45. The third kappa shape index (κ3) is 2.41. The Labute approximate surface area is 99.1 Å². The number of rotatable bonds is 1. The van der Waals surface area contributed by atoms with Gasteiger partial charge in [-0.05, 0) is 6.42 Å². The number of aliphatic carboxylic acids is 1. The van der Waals surface area contributed by atoms with Crippen molar-refractivity contribution in [3.05, 3.63) is 12.2 Å². The molecule has 0 aromatic rings. The third-order valence-corrected chi connectivity index (χ3v) is 3.14. The van der Waals surface area contributed by atoms with E-state index in [-0.39, 0.29) is 19.0 Å². The number of carboxylic acids is 1. The predicted molar refractivity (Wildman–Crippen MR) is 59.5 cm³/mol. The number of carbonyl (C=O) groups is 2. The van der Waals surface area contributed by atoms with E-state index in [1.54, 1.807) is 4.90 Å². The minimum Gasteiger partial charge on any atom is -0.480 e. The molecule has 2 aliphatic heterocycles. The van der Waals surface area contributed by atoms with Gasteiger partial charge in [0.2, 0.25) is 0 Å². The molecule has 1 saturated heterocycles. The van der Waals surface area contributed by atoms with Crippen LogP contribution in [-0.4, -0.2) is 63.8 Å². The Morgan fingerprint density at radius 2 is 2.06 bits per heavy atom. The summed E-state index contributed by atoms with van der Waals surface area (Å²) in [6, 6.07) is -1.19. The van der Waals surface area contributed by atoms with E-state index >= 15 is 0 Å². The molecule has 6 heteroatoms. The van der Waals surface area contributed by atoms with Crippen molar-refractivity contribution in [2.45, 2.75) is 25.0 Å². The van der Waals surface area contributed by atoms with Gasteiger partial charge in [-0.25, -0.2) is 9.59 Å². The summed E-state index contributed by atoms with van der Waals surface area (Å²) < 4.78 is 0. The van der Waals surface area contributed by atoms with E-state index in [1.807, 2.05) is 12.2 Å². The van der Waals surface area contributed by atoms with Gasteiger partial charge in [-0.2, -0.15) is 0 Å². The molecule has 0 radical (unpaired) electrons. The molecule has 2 N–H and O–H groups in total. The summed E-state index contributed by atoms with van der Waals surface area (Å²) in [6.07, 6.45) is 4.06. The molecule has 0 spiro atoms. The first-order chi connectivity index (χ1) is 8.09. The molecule has 2 aliphatic rings. The standard InChI is InChI=1S/C11H16N2O4/c14-8-6-9(10(15)16)13(7-8)11(17)12-4-2-1-3-5-12/h1-2,8-9,14H,3-7H2,(H,15,16). The van der Waals surface area contributed by atoms with Crippen LogP contribution in [-0.2, 0) is 4.79 Å². The fraction of sp³-hybridized carbons (Fsp3) is 0.636. The molecule has 0 saturated carbocycles. The maximum absolute atomic E-state index is 12.1. The van der Waals surface area contributed by atoms with Gasteiger partial charge in [-0.15, -0.1) is 0 Å². The molecule has 0 bridgehead atoms. The van der Waals surface area contributed by atoms with E-state index in [2.05, 4.69) is 0 Å². The Morgan fingerprint density at radius 1 is 1.29 bits per heavy atom. The van der Waals surface area contributed by atoms with Gasteiger partial charge >= 0.3 is 12.0 Å². The highest BCUT2D eigenvalue weighted by Crippen LogP contribution is 2.20. The van der Waals surface area contributed by atoms with E-state index < -0.39 is 18.1 Å². The topological polar surface area (TPSA) is 81.1 Å². The van der Waals surface area contributed by atoms with Gasteiger partial charge in [-0.3, -0.25) is 0 Å². The number of β-amino-alcohol motifs (C(OH)–C–C–N with tert-alkyl or cyclic N) is 1. The molecule has 2 heterocycles. The average molecular weight is 240 g/mol. The quantitative estimate of drug-likeness (QED) is 0.626. The van der Waals surface area contributed by atoms with Gasteiger partial charge in [0.25, 0.3) is 0 Å². The highest BCUT2D eigenvalue weighted by atomic mass is 16.4. The maximum Gasteiger partial charge on any atom is 0.326 e. The zero-order chi connectivity index (χ0) is 12.4. The van der Waals surface area contributed by atoms with Crippen LogP contribution in [0.25, 0.3) is 0 Å². The maximum atomic E-state index is 12.1. The number of carboxylic acid groups (broad SMARTS) is 1. The number of aliphatic hydroxyl groups is 1. The normalized spacial score (nSPS) is 28.5. The largest absolute Gasteiger partial charge is 0.480 e. The van der Waals surface area contributed by atoms with Crippen molar-refractivity contribution in [3.63, 3.8) is 0 Å². The number of hydrogen-bond acceptors (Lipinski definition) is 3. The lowest BCUT2D eigenvalue weighted by Crippen LogP contribution is -2.49. The van der Waals surface area contributed by atoms with Crippen LogP contribution in [0, 0.1) is 0 Å². The first-order valence-electron chi connectivity index (χ1n) is 5.71. The van der Waals surface area contributed by atoms with Crippen LogP contribution in [0.5, 0.6) is 0 Å². The number of amides is 2. The number of nitrogens with zero attached hydrogens (tertiary/aromatic N) is 2. The first-order valence-corrected chi connectivity index (χ1v) is 5.71. The van der Waals surface area contributed by atoms with Gasteiger partial charge in [0.1, 0.15) is 6.04 Å². The Kier molecular flexibility index (Phi) is 3.33. The van der Waals surface area contributed by atoms with Crippen LogP contribution in [0.1, 0.15) is 12.8 Å². The van der Waals surface area contributed by atoms with Crippen molar-refractivity contribution < 1.29 is 19.8 Å². The molecule has 94 valence electrons. The lowest BCUT2D eigenvalue weighted by atomic mass is 10.2. The molecule has 0 aromatic heterocycles. The molecular weight excluding hydrogens is 224 g/mol. The van der Waals surface area contributed by atoms with Crippen molar-refractivity contribution >= 4 is 12.0 Å². The zero-order valence-corrected chi connectivity index (χ0v) is 9.45. The smallest absolute Gasteiger partial charge is 0.326 e. The Balaban J connectivity index is 2.07. The Morgan fingerprint density at radius 3 is 2.65 bits per heavy atom. The lowest BCUT2D eigenvalue weighted by Gasteiger charge is -2.30. The van der Waals surface area contributed by atoms with Gasteiger partial charge in [0.05, 0.1) is 6.10 Å². The van der Waals surface area contributed by atoms with Crippen molar-refractivity contribution in [3.8, 4) is 0 Å². The van der Waals surface area contributed by atoms with E-state index in [0.29, 0.717) is 13.1 Å². The van der Waals surface area contributed by atoms with Crippen LogP contribution < -0.4 is 0 Å². The summed E-state index contributed by atoms with van der Waals surface area (Å²) in [6.45, 7) is 1.22. The minimum atomic E-state index is -1.05. The molecule has 17 heavy (non-hydrogen) atoms. The van der Waals surface area contributed by atoms with E-state index in [4.69, 9.17) is 5.11 Å². The first kappa shape index (κ1) is 11.9. The van der Waals surface area contributed by atoms with E-state index in [1.165, 1.54) is 4.90 Å². The van der Waals surface area contributed by atoms with Gasteiger partial charge < -0.3 is 20.0 Å². The van der Waals surface area contributed by atoms with Crippen LogP contribution in [0.3, 0.4) is 0 Å². The molecule has 2 atom stereocenters. The number of likely N-dealkylation sites (tertiary alicyclic amines) is 1. The van der Waals surface area contributed by atoms with E-state index in [9.17, 15) is 14.7 Å². The van der Waals surface area contributed by atoms with Crippen molar-refractivity contribution in [1.82, 2.24) is 9.80 Å². The van der Waals surface area contributed by atoms with Crippen molar-refractivity contribution in [2.24, 2.45) is 0 Å². The lowest BCUT2D eigenvalue weighted by molar-refractivity contribution is -0.141. The minimum absolute atomic E-state index is 0.107. The summed E-state index contributed by atoms with van der Waals surface area (Å²) >= 11 is 0. The number of carbonyl (C=O) groups excluding carboxylic acids is 1. The van der Waals surface area contributed by atoms with Crippen molar-refractivity contribution in [2.75, 3.05) is 19.6 Å². The van der Waals surface area contributed by atoms with Gasteiger partial charge in [0.15, 0.2) is 0 Å². The molecule has 0 aromatic carbocycles. The average Bonchev–Trinajstić information content (AvgIpc) is 2.72. The second kappa shape index (κ2) is 4.75. The molecule has 2 amide bonds. The van der Waals surface area contributed by atoms with Crippen LogP contribution >= 0.6 is 0 Å². The molecule has 2 rings (SSSR count). The van der Waals surface area contributed by atoms with E-state index in [0.717, 1.165) is 6.42 Å². The van der Waals surface area contributed by atoms with Gasteiger partial charge in [0, 0.05) is 26.1 Å². The van der Waals surface area contributed by atoms with Gasteiger partial charge in [-0.1, -0.05) is 12.2 Å². The second-order valence-corrected chi connectivity index (χ2v) is 4.38. The third-order valence-electron chi connectivity index (χ3n) is 3.14. The number of hydrogen-bond donors (Lipinski definition) is 2. The Hall–Kier alpha value is -1.56. The molecule has 1 fully saturated rings. The predicted octanol–water partition coefficient (Wildman–Crippen LogP) is -0.112. The van der Waals surface area contributed by atoms with Crippen LogP contribution in [0.15, 0.2) is 12.2 Å². The summed E-state index contributed by atoms with van der Waals surface area (Å²) in [4.78, 5) is 26.0. The number of urea groups is 1. The second-order valence-electron chi connectivity index (χ2n) is 4.38. The summed E-state index contributed by atoms with van der Waals surface area (Å²) in [5.41, 5.74) is 0. The Bertz CT molecular complexity index is 355. The highest BCUT2D eigenvalue weighted by Gasteiger charge is 2.40. The highest BCUT2D eigenvalue weighted by molar-refractivity contribution is 5.83. The summed E-state index contributed by atoms with van der Waals surface area (Å²) in [5.74, 6) is -1.05. The van der Waals surface area contributed by atoms with Crippen LogP contribution in [0.4, 0.5) is 4.79 Å². The fourth-order valence-electron chi connectivity index (χ4n) is 2.26. The van der Waals surface area contributed by atoms with Crippen molar-refractivity contribution in [1.29, 1.82) is 0 Å².